The Labute approximate surface area is 86.2 Å². The maximum absolute atomic E-state index is 10.4. The van der Waals surface area contributed by atoms with Gasteiger partial charge in [-0.15, -0.1) is 0 Å². The Kier molecular flexibility index (Phi) is 3.41. The molecule has 0 unspecified atom stereocenters. The number of aliphatic carboxylic acids is 1. The van der Waals surface area contributed by atoms with Crippen LogP contribution in [0.4, 0.5) is 0 Å². The number of ether oxygens (including phenoxy) is 1. The van der Waals surface area contributed by atoms with Crippen LogP contribution in [0.5, 0.6) is 5.88 Å². The third-order valence-corrected chi connectivity index (χ3v) is 1.59. The minimum absolute atomic E-state index is 0.329. The molecule has 5 nitrogen and oxygen atoms in total. The van der Waals surface area contributed by atoms with Crippen molar-refractivity contribution in [2.45, 2.75) is 0 Å². The lowest BCUT2D eigenvalue weighted by Gasteiger charge is -2.01. The van der Waals surface area contributed by atoms with E-state index < -0.39 is 11.5 Å². The van der Waals surface area contributed by atoms with Crippen molar-refractivity contribution in [3.8, 4) is 11.9 Å². The zero-order chi connectivity index (χ0) is 11.3. The molecule has 1 rings (SSSR count). The summed E-state index contributed by atoms with van der Waals surface area (Å²) in [5, 5.41) is 18.9. The second-order valence-corrected chi connectivity index (χ2v) is 2.56. The fourth-order valence-corrected chi connectivity index (χ4v) is 0.910. The van der Waals surface area contributed by atoms with Crippen LogP contribution >= 0.6 is 0 Å². The third kappa shape index (κ3) is 2.81. The van der Waals surface area contributed by atoms with Gasteiger partial charge in [-0.25, -0.2) is 4.98 Å². The molecule has 0 N–H and O–H groups in total. The van der Waals surface area contributed by atoms with Crippen molar-refractivity contribution in [3.05, 3.63) is 29.5 Å². The van der Waals surface area contributed by atoms with Crippen molar-refractivity contribution in [2.24, 2.45) is 0 Å². The molecular weight excluding hydrogens is 196 g/mol. The molecule has 0 saturated heterocycles. The lowest BCUT2D eigenvalue weighted by Crippen LogP contribution is -2.23. The highest BCUT2D eigenvalue weighted by Gasteiger charge is 1.99. The van der Waals surface area contributed by atoms with Gasteiger partial charge in [-0.1, -0.05) is 6.07 Å². The maximum Gasteiger partial charge on any atom is 0.213 e. The van der Waals surface area contributed by atoms with E-state index in [4.69, 9.17) is 10.00 Å². The van der Waals surface area contributed by atoms with Gasteiger partial charge < -0.3 is 14.6 Å². The van der Waals surface area contributed by atoms with Gasteiger partial charge in [-0.2, -0.15) is 5.26 Å². The van der Waals surface area contributed by atoms with Crippen LogP contribution in [0.25, 0.3) is 6.08 Å². The molecule has 1 heterocycles. The number of hydrogen-bond donors (Lipinski definition) is 0. The first-order valence-corrected chi connectivity index (χ1v) is 4.01. The number of nitrogens with zero attached hydrogens (tertiary/aromatic N) is 2. The number of carboxylic acids is 1. The van der Waals surface area contributed by atoms with Crippen molar-refractivity contribution in [1.82, 2.24) is 4.98 Å². The number of carboxylic acid groups (broad SMARTS) is 1. The molecule has 0 atom stereocenters. The molecule has 1 aromatic heterocycles. The summed E-state index contributed by atoms with van der Waals surface area (Å²) in [5.41, 5.74) is -0.147. The largest absolute Gasteiger partial charge is 0.544 e. The van der Waals surface area contributed by atoms with Crippen LogP contribution in [0, 0.1) is 11.3 Å². The van der Waals surface area contributed by atoms with Crippen molar-refractivity contribution in [3.63, 3.8) is 0 Å². The molecule has 5 heteroatoms. The summed E-state index contributed by atoms with van der Waals surface area (Å²) in [6.07, 6.45) is 1.12. The summed E-state index contributed by atoms with van der Waals surface area (Å²) in [6.45, 7) is 0. The molecule has 0 aromatic carbocycles. The highest BCUT2D eigenvalue weighted by molar-refractivity contribution is 5.94. The van der Waals surface area contributed by atoms with E-state index in [0.717, 1.165) is 6.08 Å². The number of carbonyl (C=O) groups is 1. The second-order valence-electron chi connectivity index (χ2n) is 2.56. The summed E-state index contributed by atoms with van der Waals surface area (Å²) in [7, 11) is 1.44. The van der Waals surface area contributed by atoms with Gasteiger partial charge >= 0.3 is 0 Å². The molecule has 15 heavy (non-hydrogen) atoms. The molecule has 0 aliphatic rings. The van der Waals surface area contributed by atoms with Crippen molar-refractivity contribution >= 4 is 12.0 Å². The standard InChI is InChI=1S/C10H8N2O3/c1-15-9-4-2-3-8(12-9)5-7(6-11)10(13)14/h2-5H,1H3,(H,13,14)/p-1/b7-5+. The molecule has 0 amide bonds. The monoisotopic (exact) mass is 203 g/mol. The Morgan fingerprint density at radius 1 is 1.67 bits per heavy atom. The van der Waals surface area contributed by atoms with E-state index in [1.54, 1.807) is 18.2 Å². The van der Waals surface area contributed by atoms with Gasteiger partial charge in [0.25, 0.3) is 0 Å². The Balaban J connectivity index is 3.07. The predicted molar refractivity (Wildman–Crippen MR) is 49.4 cm³/mol. The number of carbonyl (C=O) groups excluding carboxylic acids is 1. The van der Waals surface area contributed by atoms with Gasteiger partial charge in [-0.3, -0.25) is 0 Å². The molecule has 0 aliphatic heterocycles. The van der Waals surface area contributed by atoms with E-state index in [0.29, 0.717) is 11.6 Å². The maximum atomic E-state index is 10.4. The minimum Gasteiger partial charge on any atom is -0.544 e. The van der Waals surface area contributed by atoms with Crippen LogP contribution in [-0.4, -0.2) is 18.1 Å². The molecule has 0 aliphatic carbocycles. The lowest BCUT2D eigenvalue weighted by atomic mass is 10.2. The normalized spacial score (nSPS) is 10.5. The number of nitriles is 1. The van der Waals surface area contributed by atoms with E-state index in [1.165, 1.54) is 13.2 Å². The quantitative estimate of drug-likeness (QED) is 0.499. The average molecular weight is 203 g/mol. The molecule has 0 fully saturated rings. The Hall–Kier alpha value is -2.35. The van der Waals surface area contributed by atoms with E-state index in [-0.39, 0.29) is 0 Å². The molecule has 0 bridgehead atoms. The summed E-state index contributed by atoms with van der Waals surface area (Å²) in [5.74, 6) is -1.18. The summed E-state index contributed by atoms with van der Waals surface area (Å²) >= 11 is 0. The fourth-order valence-electron chi connectivity index (χ4n) is 0.910. The van der Waals surface area contributed by atoms with Crippen molar-refractivity contribution < 1.29 is 14.6 Å². The van der Waals surface area contributed by atoms with Crippen molar-refractivity contribution in [1.29, 1.82) is 5.26 Å². The Bertz CT molecular complexity index is 446. The minimum atomic E-state index is -1.53. The van der Waals surface area contributed by atoms with Gasteiger partial charge in [0.05, 0.1) is 24.3 Å². The Morgan fingerprint density at radius 2 is 2.40 bits per heavy atom. The van der Waals surface area contributed by atoms with E-state index in [1.807, 2.05) is 0 Å². The van der Waals surface area contributed by atoms with Crippen molar-refractivity contribution in [2.75, 3.05) is 7.11 Å². The zero-order valence-corrected chi connectivity index (χ0v) is 7.93. The second kappa shape index (κ2) is 4.77. The van der Waals surface area contributed by atoms with Crippen LogP contribution in [-0.2, 0) is 4.79 Å². The zero-order valence-electron chi connectivity index (χ0n) is 7.93. The van der Waals surface area contributed by atoms with Crippen LogP contribution in [0.15, 0.2) is 23.8 Å². The SMILES string of the molecule is COc1cccc(/C=C(\C#N)C(=O)[O-])n1. The first-order chi connectivity index (χ1) is 7.17. The topological polar surface area (TPSA) is 86.0 Å². The van der Waals surface area contributed by atoms with E-state index in [9.17, 15) is 9.90 Å². The number of pyridine rings is 1. The summed E-state index contributed by atoms with van der Waals surface area (Å²) in [6, 6.07) is 6.32. The number of methoxy groups -OCH3 is 1. The van der Waals surface area contributed by atoms with Crippen LogP contribution in [0.1, 0.15) is 5.69 Å². The van der Waals surface area contributed by atoms with E-state index in [2.05, 4.69) is 4.98 Å². The highest BCUT2D eigenvalue weighted by atomic mass is 16.5. The molecular formula is C10H7N2O3-. The average Bonchev–Trinajstić information content (AvgIpc) is 2.25. The third-order valence-electron chi connectivity index (χ3n) is 1.59. The predicted octanol–water partition coefficient (Wildman–Crippen LogP) is -0.253. The van der Waals surface area contributed by atoms with Gasteiger partial charge in [0, 0.05) is 6.07 Å². The van der Waals surface area contributed by atoms with Gasteiger partial charge in [0.15, 0.2) is 0 Å². The summed E-state index contributed by atoms with van der Waals surface area (Å²) < 4.78 is 4.84. The van der Waals surface area contributed by atoms with Gasteiger partial charge in [-0.05, 0) is 12.1 Å². The lowest BCUT2D eigenvalue weighted by molar-refractivity contribution is -0.298. The number of rotatable bonds is 3. The van der Waals surface area contributed by atoms with Crippen LogP contribution < -0.4 is 9.84 Å². The van der Waals surface area contributed by atoms with Gasteiger partial charge in [0.1, 0.15) is 6.07 Å². The smallest absolute Gasteiger partial charge is 0.213 e. The van der Waals surface area contributed by atoms with Crippen LogP contribution in [0.2, 0.25) is 0 Å². The molecule has 76 valence electrons. The highest BCUT2D eigenvalue weighted by Crippen LogP contribution is 2.09. The summed E-state index contributed by atoms with van der Waals surface area (Å²) in [4.78, 5) is 14.3. The van der Waals surface area contributed by atoms with Crippen LogP contribution in [0.3, 0.4) is 0 Å². The van der Waals surface area contributed by atoms with E-state index >= 15 is 0 Å². The number of aromatic nitrogens is 1. The van der Waals surface area contributed by atoms with Gasteiger partial charge in [0.2, 0.25) is 5.88 Å². The number of hydrogen-bond acceptors (Lipinski definition) is 5. The molecule has 0 spiro atoms. The first kappa shape index (κ1) is 10.7. The fraction of sp³-hybridized carbons (Fsp3) is 0.100. The first-order valence-electron chi connectivity index (χ1n) is 4.01. The molecule has 1 aromatic rings. The molecule has 0 saturated carbocycles. The molecule has 0 radical (unpaired) electrons. The Morgan fingerprint density at radius 3 is 2.93 bits per heavy atom.